The minimum atomic E-state index is -0.368. The van der Waals surface area contributed by atoms with Gasteiger partial charge in [-0.2, -0.15) is 0 Å². The second kappa shape index (κ2) is 8.65. The lowest BCUT2D eigenvalue weighted by Gasteiger charge is -2.04. The molecule has 24 heavy (non-hydrogen) atoms. The summed E-state index contributed by atoms with van der Waals surface area (Å²) in [5.41, 5.74) is 1.76. The molecule has 0 spiro atoms. The molecule has 0 aliphatic heterocycles. The molecular formula is C18H19Cl2NO2S. The smallest absolute Gasteiger partial charge is 0.330 e. The Labute approximate surface area is 156 Å². The molecule has 1 aromatic carbocycles. The maximum Gasteiger partial charge on any atom is 0.330 e. The van der Waals surface area contributed by atoms with Crippen LogP contribution in [0, 0.1) is 0 Å². The van der Waals surface area contributed by atoms with Crippen LogP contribution in [0.25, 0.3) is 6.08 Å². The topological polar surface area (TPSA) is 39.2 Å². The van der Waals surface area contributed by atoms with E-state index in [9.17, 15) is 4.79 Å². The summed E-state index contributed by atoms with van der Waals surface area (Å²) >= 11 is 13.9. The normalized spacial score (nSPS) is 11.4. The van der Waals surface area contributed by atoms with E-state index in [0.717, 1.165) is 21.1 Å². The summed E-state index contributed by atoms with van der Waals surface area (Å²) in [7, 11) is 0. The van der Waals surface area contributed by atoms with E-state index < -0.39 is 0 Å². The molecule has 0 N–H and O–H groups in total. The predicted octanol–water partition coefficient (Wildman–Crippen LogP) is 5.74. The van der Waals surface area contributed by atoms with Gasteiger partial charge in [0.25, 0.3) is 0 Å². The Kier molecular flexibility index (Phi) is 6.84. The SMILES string of the molecule is CCOC(=O)C=Cc1nc(C(C)C)sc1Cc1ccc(Cl)cc1Cl. The van der Waals surface area contributed by atoms with E-state index in [1.165, 1.54) is 6.08 Å². The number of rotatable bonds is 6. The molecule has 128 valence electrons. The molecule has 0 amide bonds. The maximum absolute atomic E-state index is 11.5. The molecule has 2 rings (SSSR count). The zero-order valence-electron chi connectivity index (χ0n) is 13.8. The Balaban J connectivity index is 2.31. The van der Waals surface area contributed by atoms with E-state index in [-0.39, 0.29) is 5.97 Å². The zero-order chi connectivity index (χ0) is 17.7. The van der Waals surface area contributed by atoms with Crippen LogP contribution in [0.3, 0.4) is 0 Å². The molecule has 2 aromatic rings. The predicted molar refractivity (Wildman–Crippen MR) is 101 cm³/mol. The average molecular weight is 384 g/mol. The first-order valence-corrected chi connectivity index (χ1v) is 9.26. The highest BCUT2D eigenvalue weighted by atomic mass is 35.5. The first kappa shape index (κ1) is 19.0. The van der Waals surface area contributed by atoms with Crippen LogP contribution in [0.15, 0.2) is 24.3 Å². The van der Waals surface area contributed by atoms with Crippen molar-refractivity contribution >= 4 is 46.6 Å². The Morgan fingerprint density at radius 3 is 2.75 bits per heavy atom. The lowest BCUT2D eigenvalue weighted by Crippen LogP contribution is -1.99. The van der Waals surface area contributed by atoms with Gasteiger partial charge < -0.3 is 4.74 Å². The number of carbonyl (C=O) groups excluding carboxylic acids is 1. The third kappa shape index (κ3) is 5.07. The van der Waals surface area contributed by atoms with Gasteiger partial charge in [-0.3, -0.25) is 0 Å². The second-order valence-corrected chi connectivity index (χ2v) is 7.47. The summed E-state index contributed by atoms with van der Waals surface area (Å²) in [6.45, 7) is 6.32. The van der Waals surface area contributed by atoms with Gasteiger partial charge in [0.15, 0.2) is 0 Å². The van der Waals surface area contributed by atoms with Crippen molar-refractivity contribution in [1.29, 1.82) is 0 Å². The zero-order valence-corrected chi connectivity index (χ0v) is 16.1. The number of halogens is 2. The Morgan fingerprint density at radius 1 is 1.38 bits per heavy atom. The molecule has 1 aromatic heterocycles. The van der Waals surface area contributed by atoms with Crippen molar-refractivity contribution in [2.75, 3.05) is 6.61 Å². The minimum Gasteiger partial charge on any atom is -0.463 e. The molecule has 6 heteroatoms. The molecule has 0 aliphatic carbocycles. The van der Waals surface area contributed by atoms with Gasteiger partial charge in [0.2, 0.25) is 0 Å². The molecule has 0 fully saturated rings. The number of aromatic nitrogens is 1. The number of nitrogens with zero attached hydrogens (tertiary/aromatic N) is 1. The monoisotopic (exact) mass is 383 g/mol. The summed E-state index contributed by atoms with van der Waals surface area (Å²) in [6, 6.07) is 5.47. The molecule has 0 bridgehead atoms. The maximum atomic E-state index is 11.5. The van der Waals surface area contributed by atoms with Crippen LogP contribution in [0.4, 0.5) is 0 Å². The summed E-state index contributed by atoms with van der Waals surface area (Å²) in [5.74, 6) is -0.0498. The number of esters is 1. The van der Waals surface area contributed by atoms with E-state index in [0.29, 0.717) is 29.0 Å². The summed E-state index contributed by atoms with van der Waals surface area (Å²) < 4.78 is 4.92. The van der Waals surface area contributed by atoms with Crippen LogP contribution in [0.2, 0.25) is 10.0 Å². The van der Waals surface area contributed by atoms with Crippen LogP contribution in [0.1, 0.15) is 47.8 Å². The Morgan fingerprint density at radius 2 is 2.12 bits per heavy atom. The fraction of sp³-hybridized carbons (Fsp3) is 0.333. The minimum absolute atomic E-state index is 0.319. The first-order valence-electron chi connectivity index (χ1n) is 7.69. The number of ether oxygens (including phenoxy) is 1. The highest BCUT2D eigenvalue weighted by Gasteiger charge is 2.14. The number of hydrogen-bond acceptors (Lipinski definition) is 4. The van der Waals surface area contributed by atoms with Gasteiger partial charge in [0.1, 0.15) is 0 Å². The number of benzene rings is 1. The van der Waals surface area contributed by atoms with Gasteiger partial charge in [-0.05, 0) is 30.7 Å². The van der Waals surface area contributed by atoms with E-state index in [2.05, 4.69) is 18.8 Å². The molecule has 0 atom stereocenters. The van der Waals surface area contributed by atoms with Crippen molar-refractivity contribution in [3.8, 4) is 0 Å². The van der Waals surface area contributed by atoms with Gasteiger partial charge in [-0.25, -0.2) is 9.78 Å². The first-order chi connectivity index (χ1) is 11.4. The van der Waals surface area contributed by atoms with Crippen LogP contribution in [0.5, 0.6) is 0 Å². The van der Waals surface area contributed by atoms with Crippen molar-refractivity contribution in [1.82, 2.24) is 4.98 Å². The van der Waals surface area contributed by atoms with Crippen LogP contribution < -0.4 is 0 Å². The fourth-order valence-electron chi connectivity index (χ4n) is 2.06. The van der Waals surface area contributed by atoms with Gasteiger partial charge in [0, 0.05) is 33.3 Å². The van der Waals surface area contributed by atoms with Gasteiger partial charge >= 0.3 is 5.97 Å². The van der Waals surface area contributed by atoms with E-state index in [1.807, 2.05) is 12.1 Å². The Bertz CT molecular complexity index is 753. The van der Waals surface area contributed by atoms with Crippen LogP contribution in [-0.4, -0.2) is 17.6 Å². The molecule has 1 heterocycles. The van der Waals surface area contributed by atoms with Gasteiger partial charge in [-0.1, -0.05) is 43.1 Å². The van der Waals surface area contributed by atoms with E-state index >= 15 is 0 Å². The molecule has 0 unspecified atom stereocenters. The number of carbonyl (C=O) groups is 1. The number of thiazole rings is 1. The summed E-state index contributed by atoms with van der Waals surface area (Å²) in [5, 5.41) is 2.26. The standard InChI is InChI=1S/C18H19Cl2NO2S/c1-4-23-17(22)8-7-15-16(24-18(21-15)11(2)3)9-12-5-6-13(19)10-14(12)20/h5-8,10-11H,4,9H2,1-3H3. The summed E-state index contributed by atoms with van der Waals surface area (Å²) in [4.78, 5) is 17.2. The lowest BCUT2D eigenvalue weighted by molar-refractivity contribution is -0.137. The highest BCUT2D eigenvalue weighted by Crippen LogP contribution is 2.30. The van der Waals surface area contributed by atoms with E-state index in [4.69, 9.17) is 27.9 Å². The van der Waals surface area contributed by atoms with E-state index in [1.54, 1.807) is 30.4 Å². The van der Waals surface area contributed by atoms with Crippen molar-refractivity contribution in [2.45, 2.75) is 33.1 Å². The third-order valence-corrected chi connectivity index (χ3v) is 5.23. The van der Waals surface area contributed by atoms with Crippen molar-refractivity contribution in [3.63, 3.8) is 0 Å². The summed E-state index contributed by atoms with van der Waals surface area (Å²) in [6.07, 6.45) is 3.76. The largest absolute Gasteiger partial charge is 0.463 e. The fourth-order valence-corrected chi connectivity index (χ4v) is 3.61. The van der Waals surface area contributed by atoms with Gasteiger partial charge in [0.05, 0.1) is 17.3 Å². The quantitative estimate of drug-likeness (QED) is 0.471. The van der Waals surface area contributed by atoms with Crippen molar-refractivity contribution in [2.24, 2.45) is 0 Å². The van der Waals surface area contributed by atoms with Gasteiger partial charge in [-0.15, -0.1) is 11.3 Å². The van der Waals surface area contributed by atoms with Crippen molar-refractivity contribution < 1.29 is 9.53 Å². The average Bonchev–Trinajstić information content (AvgIpc) is 2.92. The third-order valence-electron chi connectivity index (χ3n) is 3.27. The lowest BCUT2D eigenvalue weighted by atomic mass is 10.1. The molecule has 3 nitrogen and oxygen atoms in total. The number of hydrogen-bond donors (Lipinski definition) is 0. The highest BCUT2D eigenvalue weighted by molar-refractivity contribution is 7.12. The van der Waals surface area contributed by atoms with Crippen molar-refractivity contribution in [3.05, 3.63) is 55.5 Å². The Hall–Kier alpha value is -1.36. The molecule has 0 saturated carbocycles. The molecule has 0 saturated heterocycles. The molecular weight excluding hydrogens is 365 g/mol. The van der Waals surface area contributed by atoms with Crippen LogP contribution >= 0.6 is 34.5 Å². The molecule has 0 aliphatic rings. The van der Waals surface area contributed by atoms with Crippen LogP contribution in [-0.2, 0) is 16.0 Å². The second-order valence-electron chi connectivity index (χ2n) is 5.51. The molecule has 0 radical (unpaired) electrons.